The summed E-state index contributed by atoms with van der Waals surface area (Å²) in [4.78, 5) is 29.3. The van der Waals surface area contributed by atoms with Crippen molar-refractivity contribution in [2.24, 2.45) is 0 Å². The van der Waals surface area contributed by atoms with Crippen LogP contribution in [0.25, 0.3) is 6.08 Å². The van der Waals surface area contributed by atoms with E-state index in [-0.39, 0.29) is 11.8 Å². The van der Waals surface area contributed by atoms with Gasteiger partial charge >= 0.3 is 0 Å². The van der Waals surface area contributed by atoms with Gasteiger partial charge in [-0.1, -0.05) is 65.9 Å². The van der Waals surface area contributed by atoms with E-state index in [0.29, 0.717) is 23.1 Å². The number of amides is 2. The first kappa shape index (κ1) is 20.6. The maximum atomic E-state index is 13.5. The van der Waals surface area contributed by atoms with Crippen molar-refractivity contribution in [3.63, 3.8) is 0 Å². The van der Waals surface area contributed by atoms with E-state index in [1.807, 2.05) is 59.5 Å². The van der Waals surface area contributed by atoms with Crippen LogP contribution in [0.3, 0.4) is 0 Å². The van der Waals surface area contributed by atoms with Gasteiger partial charge in [-0.3, -0.25) is 9.59 Å². The molecule has 0 bridgehead atoms. The van der Waals surface area contributed by atoms with Crippen LogP contribution in [0.5, 0.6) is 0 Å². The van der Waals surface area contributed by atoms with Gasteiger partial charge in [-0.05, 0) is 61.2 Å². The lowest BCUT2D eigenvalue weighted by molar-refractivity contribution is -0.114. The SMILES string of the molecule is Cc1cccc(CN2C(=O)C(=Cc3ccc(C(=O)NC4CC4)cc3)Sc3ccccc32)c1. The summed E-state index contributed by atoms with van der Waals surface area (Å²) in [6.07, 6.45) is 4.04. The number of carbonyl (C=O) groups excluding carboxylic acids is 2. The third-order valence-corrected chi connectivity index (χ3v) is 6.72. The van der Waals surface area contributed by atoms with Crippen LogP contribution in [0.15, 0.2) is 82.6 Å². The van der Waals surface area contributed by atoms with Gasteiger partial charge in [-0.25, -0.2) is 0 Å². The number of hydrogen-bond acceptors (Lipinski definition) is 3. The Kier molecular flexibility index (Phi) is 5.58. The maximum absolute atomic E-state index is 13.5. The molecule has 1 aliphatic heterocycles. The summed E-state index contributed by atoms with van der Waals surface area (Å²) in [6.45, 7) is 2.58. The molecule has 1 aliphatic carbocycles. The van der Waals surface area contributed by atoms with Gasteiger partial charge in [0.1, 0.15) is 0 Å². The molecular formula is C27H24N2O2S. The van der Waals surface area contributed by atoms with Crippen molar-refractivity contribution in [1.29, 1.82) is 0 Å². The Morgan fingerprint density at radius 1 is 1.06 bits per heavy atom. The number of thioether (sulfide) groups is 1. The lowest BCUT2D eigenvalue weighted by atomic mass is 10.1. The highest BCUT2D eigenvalue weighted by atomic mass is 32.2. The zero-order valence-corrected chi connectivity index (χ0v) is 18.7. The van der Waals surface area contributed by atoms with E-state index in [9.17, 15) is 9.59 Å². The van der Waals surface area contributed by atoms with Gasteiger partial charge < -0.3 is 10.2 Å². The number of carbonyl (C=O) groups is 2. The van der Waals surface area contributed by atoms with Crippen LogP contribution in [0.2, 0.25) is 0 Å². The van der Waals surface area contributed by atoms with E-state index in [1.165, 1.54) is 17.3 Å². The standard InChI is InChI=1S/C27H24N2O2S/c1-18-5-4-6-20(15-18)17-29-23-7-2-3-8-24(23)32-25(27(29)31)16-19-9-11-21(12-10-19)26(30)28-22-13-14-22/h2-12,15-16,22H,13-14,17H2,1H3,(H,28,30). The molecule has 32 heavy (non-hydrogen) atoms. The van der Waals surface area contributed by atoms with Crippen molar-refractivity contribution < 1.29 is 9.59 Å². The second kappa shape index (κ2) is 8.67. The Morgan fingerprint density at radius 2 is 1.84 bits per heavy atom. The number of rotatable bonds is 5. The first-order chi connectivity index (χ1) is 15.6. The molecule has 0 spiro atoms. The molecule has 0 radical (unpaired) electrons. The highest BCUT2D eigenvalue weighted by molar-refractivity contribution is 8.04. The highest BCUT2D eigenvalue weighted by Gasteiger charge is 2.29. The fourth-order valence-corrected chi connectivity index (χ4v) is 4.85. The lowest BCUT2D eigenvalue weighted by Gasteiger charge is -2.30. The average molecular weight is 441 g/mol. The van der Waals surface area contributed by atoms with Gasteiger partial charge in [0.2, 0.25) is 0 Å². The summed E-state index contributed by atoms with van der Waals surface area (Å²) < 4.78 is 0. The largest absolute Gasteiger partial charge is 0.349 e. The van der Waals surface area contributed by atoms with Gasteiger partial charge in [0.05, 0.1) is 17.1 Å². The Bertz CT molecular complexity index is 1210. The van der Waals surface area contributed by atoms with E-state index in [2.05, 4.69) is 36.5 Å². The molecule has 0 aromatic heterocycles. The van der Waals surface area contributed by atoms with Crippen molar-refractivity contribution in [3.8, 4) is 0 Å². The number of anilines is 1. The molecule has 3 aromatic carbocycles. The quantitative estimate of drug-likeness (QED) is 0.528. The summed E-state index contributed by atoms with van der Waals surface area (Å²) >= 11 is 1.50. The maximum Gasteiger partial charge on any atom is 0.265 e. The summed E-state index contributed by atoms with van der Waals surface area (Å²) in [7, 11) is 0. The zero-order chi connectivity index (χ0) is 22.1. The van der Waals surface area contributed by atoms with E-state index < -0.39 is 0 Å². The zero-order valence-electron chi connectivity index (χ0n) is 17.9. The minimum absolute atomic E-state index is 0.00856. The van der Waals surface area contributed by atoms with Crippen LogP contribution >= 0.6 is 11.8 Å². The van der Waals surface area contributed by atoms with E-state index >= 15 is 0 Å². The first-order valence-corrected chi connectivity index (χ1v) is 11.7. The molecule has 1 fully saturated rings. The molecule has 5 heteroatoms. The molecule has 0 saturated heterocycles. The van der Waals surface area contributed by atoms with Gasteiger partial charge in [0.25, 0.3) is 11.8 Å². The van der Waals surface area contributed by atoms with Gasteiger partial charge in [0, 0.05) is 16.5 Å². The molecule has 160 valence electrons. The third-order valence-electron chi connectivity index (χ3n) is 5.64. The number of nitrogens with one attached hydrogen (secondary N) is 1. The molecule has 2 amide bonds. The molecule has 2 aliphatic rings. The summed E-state index contributed by atoms with van der Waals surface area (Å²) in [6, 6.07) is 24.0. The van der Waals surface area contributed by atoms with Crippen molar-refractivity contribution in [3.05, 3.63) is 100.0 Å². The smallest absolute Gasteiger partial charge is 0.265 e. The topological polar surface area (TPSA) is 49.4 Å². The summed E-state index contributed by atoms with van der Waals surface area (Å²) in [5.74, 6) is -0.0427. The number of hydrogen-bond donors (Lipinski definition) is 1. The number of para-hydroxylation sites is 1. The highest BCUT2D eigenvalue weighted by Crippen LogP contribution is 2.42. The number of benzene rings is 3. The van der Waals surface area contributed by atoms with Crippen molar-refractivity contribution in [2.75, 3.05) is 4.90 Å². The Morgan fingerprint density at radius 3 is 2.59 bits per heavy atom. The van der Waals surface area contributed by atoms with Crippen molar-refractivity contribution in [1.82, 2.24) is 5.32 Å². The Balaban J connectivity index is 1.42. The van der Waals surface area contributed by atoms with Gasteiger partial charge in [0.15, 0.2) is 0 Å². The Labute approximate surface area is 192 Å². The first-order valence-electron chi connectivity index (χ1n) is 10.8. The lowest BCUT2D eigenvalue weighted by Crippen LogP contribution is -2.33. The third kappa shape index (κ3) is 4.48. The van der Waals surface area contributed by atoms with Gasteiger partial charge in [-0.2, -0.15) is 0 Å². The number of nitrogens with zero attached hydrogens (tertiary/aromatic N) is 1. The molecule has 5 rings (SSSR count). The monoisotopic (exact) mass is 440 g/mol. The van der Waals surface area contributed by atoms with E-state index in [1.54, 1.807) is 0 Å². The average Bonchev–Trinajstić information content (AvgIpc) is 3.61. The summed E-state index contributed by atoms with van der Waals surface area (Å²) in [5.41, 5.74) is 4.77. The molecule has 3 aromatic rings. The fraction of sp³-hybridized carbons (Fsp3) is 0.185. The predicted octanol–water partition coefficient (Wildman–Crippen LogP) is 5.57. The molecular weight excluding hydrogens is 416 g/mol. The van der Waals surface area contributed by atoms with Crippen LogP contribution in [0.4, 0.5) is 5.69 Å². The van der Waals surface area contributed by atoms with Gasteiger partial charge in [-0.15, -0.1) is 0 Å². The van der Waals surface area contributed by atoms with Crippen LogP contribution in [0.1, 0.15) is 39.9 Å². The second-order valence-corrected chi connectivity index (χ2v) is 9.41. The van der Waals surface area contributed by atoms with Crippen LogP contribution in [-0.2, 0) is 11.3 Å². The molecule has 0 atom stereocenters. The van der Waals surface area contributed by atoms with Crippen molar-refractivity contribution >= 4 is 35.3 Å². The van der Waals surface area contributed by atoms with Crippen molar-refractivity contribution in [2.45, 2.75) is 37.2 Å². The fourth-order valence-electron chi connectivity index (χ4n) is 3.79. The van der Waals surface area contributed by atoms with Crippen LogP contribution in [-0.4, -0.2) is 17.9 Å². The molecule has 1 N–H and O–H groups in total. The predicted molar refractivity (Wildman–Crippen MR) is 130 cm³/mol. The minimum atomic E-state index is -0.0342. The second-order valence-electron chi connectivity index (χ2n) is 8.33. The normalized spacial score (nSPS) is 16.7. The minimum Gasteiger partial charge on any atom is -0.349 e. The summed E-state index contributed by atoms with van der Waals surface area (Å²) in [5, 5.41) is 3.00. The molecule has 1 saturated carbocycles. The molecule has 0 unspecified atom stereocenters. The van der Waals surface area contributed by atoms with Crippen LogP contribution in [0, 0.1) is 6.92 Å². The number of aryl methyl sites for hydroxylation is 1. The Hall–Kier alpha value is -3.31. The molecule has 4 nitrogen and oxygen atoms in total. The number of fused-ring (bicyclic) bond motifs is 1. The molecule has 1 heterocycles. The van der Waals surface area contributed by atoms with E-state index in [0.717, 1.165) is 34.6 Å². The van der Waals surface area contributed by atoms with Crippen LogP contribution < -0.4 is 10.2 Å². The van der Waals surface area contributed by atoms with E-state index in [4.69, 9.17) is 0 Å².